The smallest absolute Gasteiger partial charge is 0.414 e. The van der Waals surface area contributed by atoms with Crippen LogP contribution in [0.25, 0.3) is 16.8 Å². The van der Waals surface area contributed by atoms with Crippen molar-refractivity contribution in [2.45, 2.75) is 20.5 Å². The summed E-state index contributed by atoms with van der Waals surface area (Å²) < 4.78 is 21.7. The number of nitrogen functional groups attached to an aromatic ring is 1. The second kappa shape index (κ2) is 9.02. The molecule has 0 spiro atoms. The van der Waals surface area contributed by atoms with Gasteiger partial charge in [-0.1, -0.05) is 7.43 Å². The molecule has 2 aromatic heterocycles. The summed E-state index contributed by atoms with van der Waals surface area (Å²) in [5.41, 5.74) is 3.87. The van der Waals surface area contributed by atoms with Crippen LogP contribution in [0.1, 0.15) is 24.8 Å². The summed E-state index contributed by atoms with van der Waals surface area (Å²) in [4.78, 5) is 40.3. The van der Waals surface area contributed by atoms with Crippen LogP contribution < -0.4 is 21.5 Å². The highest BCUT2D eigenvalue weighted by atomic mass is 19.1. The molecule has 1 aliphatic rings. The van der Waals surface area contributed by atoms with Crippen molar-refractivity contribution in [3.05, 3.63) is 54.2 Å². The molecule has 1 saturated heterocycles. The number of cyclic esters (lactones) is 1. The van der Waals surface area contributed by atoms with Gasteiger partial charge in [0.25, 0.3) is 5.91 Å². The number of fused-ring (bicyclic) bond motifs is 1. The summed E-state index contributed by atoms with van der Waals surface area (Å²) in [6.45, 7) is 1.76. The lowest BCUT2D eigenvalue weighted by Crippen LogP contribution is -2.33. The van der Waals surface area contributed by atoms with Gasteiger partial charge in [-0.25, -0.2) is 20.0 Å². The van der Waals surface area contributed by atoms with E-state index in [1.54, 1.807) is 34.9 Å². The number of carbonyl (C=O) groups excluding carboxylic acids is 3. The van der Waals surface area contributed by atoms with Crippen LogP contribution >= 0.6 is 0 Å². The molecule has 3 aromatic rings. The number of nitrogens with one attached hydrogen (secondary N) is 2. The van der Waals surface area contributed by atoms with Crippen LogP contribution in [0.4, 0.5) is 14.9 Å². The Balaban J connectivity index is 0.00000289. The minimum absolute atomic E-state index is 0. The zero-order valence-electron chi connectivity index (χ0n) is 16.5. The van der Waals surface area contributed by atoms with Crippen molar-refractivity contribution in [2.24, 2.45) is 5.84 Å². The molecular weight excluding hydrogens is 419 g/mol. The molecule has 3 heterocycles. The van der Waals surface area contributed by atoms with Gasteiger partial charge in [0.15, 0.2) is 0 Å². The number of amides is 3. The third kappa shape index (κ3) is 4.37. The Morgan fingerprint density at radius 2 is 2.06 bits per heavy atom. The van der Waals surface area contributed by atoms with Crippen molar-refractivity contribution in [3.8, 4) is 11.1 Å². The van der Waals surface area contributed by atoms with E-state index in [1.807, 2.05) is 5.43 Å². The minimum atomic E-state index is -0.604. The standard InChI is InChI=1S/C20H19FN6O4.CH4/c1-11(28)23-7-14-9-27(20(30)31-14)13-3-4-15(16(21)6-13)12-2-5-18-24-17(19(29)25-22)10-26(18)8-12;/h2-6,8,10,14H,7,9,22H2,1H3,(H,23,28)(H,25,29);1H4/t14-;/m0./s1. The molecule has 4 rings (SSSR count). The van der Waals surface area contributed by atoms with Crippen molar-refractivity contribution < 1.29 is 23.5 Å². The van der Waals surface area contributed by atoms with Gasteiger partial charge in [-0.15, -0.1) is 0 Å². The number of halogens is 1. The lowest BCUT2D eigenvalue weighted by molar-refractivity contribution is -0.119. The number of imidazole rings is 1. The molecule has 11 heteroatoms. The predicted octanol–water partition coefficient (Wildman–Crippen LogP) is 1.84. The van der Waals surface area contributed by atoms with Crippen molar-refractivity contribution >= 4 is 29.2 Å². The summed E-state index contributed by atoms with van der Waals surface area (Å²) in [6, 6.07) is 7.76. The summed E-state index contributed by atoms with van der Waals surface area (Å²) in [7, 11) is 0. The Kier molecular flexibility index (Phi) is 6.40. The topological polar surface area (TPSA) is 131 Å². The van der Waals surface area contributed by atoms with Gasteiger partial charge in [-0.2, -0.15) is 0 Å². The maximum atomic E-state index is 14.9. The molecule has 0 aliphatic carbocycles. The molecular formula is C21H23FN6O4. The number of hydrogen-bond acceptors (Lipinski definition) is 6. The number of anilines is 1. The van der Waals surface area contributed by atoms with Crippen LogP contribution in [0.2, 0.25) is 0 Å². The zero-order valence-corrected chi connectivity index (χ0v) is 16.5. The van der Waals surface area contributed by atoms with Crippen molar-refractivity contribution in [1.82, 2.24) is 20.1 Å². The fraction of sp³-hybridized carbons (Fsp3) is 0.238. The molecule has 10 nitrogen and oxygen atoms in total. The number of pyridine rings is 1. The number of benzene rings is 1. The molecule has 168 valence electrons. The molecule has 1 aromatic carbocycles. The van der Waals surface area contributed by atoms with Crippen LogP contribution in [0.15, 0.2) is 42.7 Å². The number of rotatable bonds is 5. The van der Waals surface area contributed by atoms with E-state index < -0.39 is 23.9 Å². The van der Waals surface area contributed by atoms with E-state index >= 15 is 0 Å². The monoisotopic (exact) mass is 442 g/mol. The van der Waals surface area contributed by atoms with Gasteiger partial charge in [0.2, 0.25) is 5.91 Å². The Bertz CT molecular complexity index is 1190. The van der Waals surface area contributed by atoms with Gasteiger partial charge in [-0.05, 0) is 30.3 Å². The van der Waals surface area contributed by atoms with Crippen LogP contribution in [0, 0.1) is 5.82 Å². The number of hydrazine groups is 1. The maximum Gasteiger partial charge on any atom is 0.414 e. The van der Waals surface area contributed by atoms with E-state index in [9.17, 15) is 18.8 Å². The molecule has 0 bridgehead atoms. The van der Waals surface area contributed by atoms with E-state index in [1.165, 1.54) is 24.1 Å². The van der Waals surface area contributed by atoms with Gasteiger partial charge in [0.05, 0.1) is 18.8 Å². The third-order valence-corrected chi connectivity index (χ3v) is 4.84. The maximum absolute atomic E-state index is 14.9. The average Bonchev–Trinajstić information content (AvgIpc) is 3.34. The van der Waals surface area contributed by atoms with Crippen molar-refractivity contribution in [3.63, 3.8) is 0 Å². The van der Waals surface area contributed by atoms with E-state index in [2.05, 4.69) is 10.3 Å². The van der Waals surface area contributed by atoms with Crippen LogP contribution in [0.3, 0.4) is 0 Å². The molecule has 1 fully saturated rings. The number of carbonyl (C=O) groups is 3. The second-order valence-electron chi connectivity index (χ2n) is 7.00. The Morgan fingerprint density at radius 1 is 1.28 bits per heavy atom. The van der Waals surface area contributed by atoms with E-state index in [-0.39, 0.29) is 32.1 Å². The molecule has 1 atom stereocenters. The molecule has 1 aliphatic heterocycles. The highest BCUT2D eigenvalue weighted by Crippen LogP contribution is 2.29. The van der Waals surface area contributed by atoms with Gasteiger partial charge >= 0.3 is 6.09 Å². The van der Waals surface area contributed by atoms with Crippen LogP contribution in [0.5, 0.6) is 0 Å². The summed E-state index contributed by atoms with van der Waals surface area (Å²) >= 11 is 0. The molecule has 0 saturated carbocycles. The number of hydrogen-bond donors (Lipinski definition) is 3. The number of nitrogens with zero attached hydrogens (tertiary/aromatic N) is 3. The minimum Gasteiger partial charge on any atom is -0.442 e. The largest absolute Gasteiger partial charge is 0.442 e. The van der Waals surface area contributed by atoms with Gasteiger partial charge in [0.1, 0.15) is 23.3 Å². The average molecular weight is 442 g/mol. The quantitative estimate of drug-likeness (QED) is 0.314. The highest BCUT2D eigenvalue weighted by molar-refractivity contribution is 5.92. The number of ether oxygens (including phenoxy) is 1. The zero-order chi connectivity index (χ0) is 22.1. The Labute approximate surface area is 183 Å². The van der Waals surface area contributed by atoms with Gasteiger partial charge in [-0.3, -0.25) is 19.9 Å². The molecule has 0 unspecified atom stereocenters. The lowest BCUT2D eigenvalue weighted by Gasteiger charge is -2.14. The first-order valence-corrected chi connectivity index (χ1v) is 9.38. The molecule has 32 heavy (non-hydrogen) atoms. The normalized spacial score (nSPS) is 15.3. The molecule has 4 N–H and O–H groups in total. The lowest BCUT2D eigenvalue weighted by atomic mass is 10.1. The van der Waals surface area contributed by atoms with Crippen molar-refractivity contribution in [1.29, 1.82) is 0 Å². The van der Waals surface area contributed by atoms with E-state index in [4.69, 9.17) is 10.6 Å². The molecule has 0 radical (unpaired) electrons. The Hall–Kier alpha value is -3.99. The molecule has 3 amide bonds. The fourth-order valence-electron chi connectivity index (χ4n) is 3.34. The van der Waals surface area contributed by atoms with Crippen LogP contribution in [-0.2, 0) is 9.53 Å². The van der Waals surface area contributed by atoms with E-state index in [0.717, 1.165) is 0 Å². The van der Waals surface area contributed by atoms with Crippen LogP contribution in [-0.4, -0.2) is 46.5 Å². The first-order chi connectivity index (χ1) is 14.9. The second-order valence-corrected chi connectivity index (χ2v) is 7.00. The summed E-state index contributed by atoms with van der Waals surface area (Å²) in [5, 5.41) is 2.59. The third-order valence-electron chi connectivity index (χ3n) is 4.84. The first kappa shape index (κ1) is 22.7. The highest BCUT2D eigenvalue weighted by Gasteiger charge is 2.32. The SMILES string of the molecule is C.CC(=O)NC[C@H]1CN(c2ccc(-c3ccc4nc(C(=O)NN)cn4c3)c(F)c2)C(=O)O1. The summed E-state index contributed by atoms with van der Waals surface area (Å²) in [6.07, 6.45) is 2.01. The fourth-order valence-corrected chi connectivity index (χ4v) is 3.34. The first-order valence-electron chi connectivity index (χ1n) is 9.38. The number of aromatic nitrogens is 2. The van der Waals surface area contributed by atoms with Gasteiger partial charge in [0, 0.05) is 30.4 Å². The Morgan fingerprint density at radius 3 is 2.75 bits per heavy atom. The summed E-state index contributed by atoms with van der Waals surface area (Å²) in [5.74, 6) is 3.84. The number of nitrogens with two attached hydrogens (primary N) is 1. The predicted molar refractivity (Wildman–Crippen MR) is 115 cm³/mol. The van der Waals surface area contributed by atoms with Gasteiger partial charge < -0.3 is 14.5 Å². The van der Waals surface area contributed by atoms with E-state index in [0.29, 0.717) is 22.5 Å². The van der Waals surface area contributed by atoms with Crippen molar-refractivity contribution in [2.75, 3.05) is 18.0 Å².